The number of hydrogen-bond acceptors (Lipinski definition) is 7. The third kappa shape index (κ3) is 9.41. The van der Waals surface area contributed by atoms with Crippen LogP contribution in [0, 0.1) is 13.8 Å². The highest BCUT2D eigenvalue weighted by Crippen LogP contribution is 2.27. The number of aliphatic hydroxyl groups is 2. The van der Waals surface area contributed by atoms with Gasteiger partial charge in [-0.3, -0.25) is 14.6 Å². The zero-order valence-electron chi connectivity index (χ0n) is 24.5. The minimum atomic E-state index is -0.993. The average Bonchev–Trinajstić information content (AvgIpc) is 3.52. The highest BCUT2D eigenvalue weighted by molar-refractivity contribution is 6.00. The van der Waals surface area contributed by atoms with Gasteiger partial charge in [0, 0.05) is 49.3 Å². The summed E-state index contributed by atoms with van der Waals surface area (Å²) in [6.45, 7) is 3.75. The summed E-state index contributed by atoms with van der Waals surface area (Å²) in [5.41, 5.74) is 4.99. The fraction of sp³-hybridized carbons (Fsp3) is 0.250. The molecule has 1 unspecified atom stereocenters. The number of amides is 4. The van der Waals surface area contributed by atoms with Gasteiger partial charge in [-0.1, -0.05) is 12.1 Å². The fourth-order valence-electron chi connectivity index (χ4n) is 4.13. The summed E-state index contributed by atoms with van der Waals surface area (Å²) < 4.78 is 5.98. The van der Waals surface area contributed by atoms with Crippen molar-refractivity contribution in [2.75, 3.05) is 30.3 Å². The molecule has 4 aromatic rings. The summed E-state index contributed by atoms with van der Waals surface area (Å²) in [7, 11) is 0. The molecule has 44 heavy (non-hydrogen) atoms. The number of carbonyl (C=O) groups excluding carboxylic acids is 3. The molecule has 0 bridgehead atoms. The van der Waals surface area contributed by atoms with E-state index in [9.17, 15) is 19.5 Å². The molecule has 12 nitrogen and oxygen atoms in total. The van der Waals surface area contributed by atoms with Crippen molar-refractivity contribution >= 4 is 29.2 Å². The number of aromatic amines is 1. The number of aliphatic hydroxyl groups excluding tert-OH is 2. The molecular formula is C32H36N6O6. The van der Waals surface area contributed by atoms with Crippen LogP contribution in [-0.4, -0.2) is 63.8 Å². The predicted molar refractivity (Wildman–Crippen MR) is 167 cm³/mol. The van der Waals surface area contributed by atoms with Crippen molar-refractivity contribution < 1.29 is 29.3 Å². The molecule has 230 valence electrons. The third-order valence-electron chi connectivity index (χ3n) is 6.55. The van der Waals surface area contributed by atoms with Crippen molar-refractivity contribution in [3.63, 3.8) is 0 Å². The number of pyridine rings is 1. The van der Waals surface area contributed by atoms with Crippen LogP contribution in [0.5, 0.6) is 11.5 Å². The van der Waals surface area contributed by atoms with Gasteiger partial charge in [-0.05, 0) is 73.9 Å². The predicted octanol–water partition coefficient (Wildman–Crippen LogP) is 4.11. The lowest BCUT2D eigenvalue weighted by Gasteiger charge is -2.11. The van der Waals surface area contributed by atoms with Crippen LogP contribution < -0.4 is 26.0 Å². The van der Waals surface area contributed by atoms with Crippen molar-refractivity contribution in [3.05, 3.63) is 89.7 Å². The van der Waals surface area contributed by atoms with Crippen LogP contribution in [0.15, 0.2) is 73.1 Å². The minimum absolute atomic E-state index is 0.0208. The molecule has 0 radical (unpaired) electrons. The largest absolute Gasteiger partial charge is 0.457 e. The number of nitrogens with zero attached hydrogens (tertiary/aromatic N) is 1. The smallest absolute Gasteiger partial charge is 0.323 e. The third-order valence-corrected chi connectivity index (χ3v) is 6.55. The number of benzene rings is 2. The molecule has 2 heterocycles. The Morgan fingerprint density at radius 1 is 0.955 bits per heavy atom. The molecule has 0 aliphatic rings. The summed E-state index contributed by atoms with van der Waals surface area (Å²) >= 11 is 0. The summed E-state index contributed by atoms with van der Waals surface area (Å²) in [6.07, 6.45) is 2.78. The summed E-state index contributed by atoms with van der Waals surface area (Å²) in [5.74, 6) is 0.529. The van der Waals surface area contributed by atoms with Crippen LogP contribution in [0.2, 0.25) is 0 Å². The van der Waals surface area contributed by atoms with Crippen LogP contribution in [0.3, 0.4) is 0 Å². The first-order chi connectivity index (χ1) is 21.2. The number of nitrogens with one attached hydrogen (secondary N) is 5. The first-order valence-electron chi connectivity index (χ1n) is 14.1. The summed E-state index contributed by atoms with van der Waals surface area (Å²) in [4.78, 5) is 44.2. The fourth-order valence-corrected chi connectivity index (χ4v) is 4.13. The molecule has 0 fully saturated rings. The topological polar surface area (TPSA) is 178 Å². The number of H-pyrrole nitrogens is 1. The maximum Gasteiger partial charge on any atom is 0.323 e. The van der Waals surface area contributed by atoms with Crippen molar-refractivity contribution in [1.29, 1.82) is 0 Å². The molecule has 4 rings (SSSR count). The van der Waals surface area contributed by atoms with Gasteiger partial charge in [-0.2, -0.15) is 0 Å². The van der Waals surface area contributed by atoms with E-state index in [1.165, 1.54) is 0 Å². The van der Waals surface area contributed by atoms with E-state index in [0.29, 0.717) is 47.1 Å². The average molecular weight is 601 g/mol. The minimum Gasteiger partial charge on any atom is -0.457 e. The van der Waals surface area contributed by atoms with E-state index in [1.807, 2.05) is 32.0 Å². The van der Waals surface area contributed by atoms with E-state index in [4.69, 9.17) is 9.84 Å². The molecule has 2 aromatic heterocycles. The zero-order chi connectivity index (χ0) is 31.5. The van der Waals surface area contributed by atoms with Gasteiger partial charge >= 0.3 is 6.03 Å². The van der Waals surface area contributed by atoms with Gasteiger partial charge in [0.1, 0.15) is 11.5 Å². The van der Waals surface area contributed by atoms with Gasteiger partial charge in [-0.25, -0.2) is 4.79 Å². The molecule has 4 amide bonds. The lowest BCUT2D eigenvalue weighted by molar-refractivity contribution is -0.121. The Hall–Kier alpha value is -5.20. The molecule has 0 aliphatic carbocycles. The Morgan fingerprint density at radius 2 is 1.75 bits per heavy atom. The summed E-state index contributed by atoms with van der Waals surface area (Å²) in [5, 5.41) is 29.0. The van der Waals surface area contributed by atoms with Gasteiger partial charge in [0.15, 0.2) is 0 Å². The van der Waals surface area contributed by atoms with E-state index in [1.54, 1.807) is 54.9 Å². The number of anilines is 2. The summed E-state index contributed by atoms with van der Waals surface area (Å²) in [6, 6.07) is 17.6. The van der Waals surface area contributed by atoms with E-state index < -0.39 is 12.7 Å². The Bertz CT molecular complexity index is 1590. The standard InChI is InChI=1S/C32H36N6O6/c1-20-5-6-21(2)27(14-20)38-32(43)37-23-7-9-25(10-8-23)44-26-11-13-33-29(16-26)28-15-22(17-35-28)31(42)34-12-3-4-30(41)36-18-24(40)19-39/h5-11,13-17,24,35,39-40H,3-4,12,18-19H2,1-2H3,(H,34,42)(H,36,41)(H2,37,38,43). The maximum atomic E-state index is 12.5. The Labute approximate surface area is 254 Å². The van der Waals surface area contributed by atoms with Crippen LogP contribution in [-0.2, 0) is 4.79 Å². The van der Waals surface area contributed by atoms with E-state index in [2.05, 4.69) is 31.2 Å². The first-order valence-corrected chi connectivity index (χ1v) is 14.1. The van der Waals surface area contributed by atoms with Crippen molar-refractivity contribution in [2.45, 2.75) is 32.8 Å². The molecule has 0 saturated carbocycles. The van der Waals surface area contributed by atoms with Crippen molar-refractivity contribution in [3.8, 4) is 22.9 Å². The second kappa shape index (κ2) is 15.3. The number of urea groups is 1. The Balaban J connectivity index is 1.26. The molecule has 1 atom stereocenters. The molecule has 0 spiro atoms. The van der Waals surface area contributed by atoms with Crippen LogP contribution in [0.25, 0.3) is 11.4 Å². The SMILES string of the molecule is Cc1ccc(C)c(NC(=O)Nc2ccc(Oc3ccnc(-c4cc(C(=O)NCCCC(=O)NCC(O)CO)c[nH]4)c3)cc2)c1. The van der Waals surface area contributed by atoms with E-state index in [-0.39, 0.29) is 30.8 Å². The molecule has 7 N–H and O–H groups in total. The zero-order valence-corrected chi connectivity index (χ0v) is 24.5. The highest BCUT2D eigenvalue weighted by atomic mass is 16.5. The number of ether oxygens (including phenoxy) is 1. The van der Waals surface area contributed by atoms with Gasteiger partial charge < -0.3 is 41.2 Å². The molecule has 2 aromatic carbocycles. The van der Waals surface area contributed by atoms with Crippen LogP contribution >= 0.6 is 0 Å². The van der Waals surface area contributed by atoms with Crippen molar-refractivity contribution in [1.82, 2.24) is 20.6 Å². The van der Waals surface area contributed by atoms with Crippen LogP contribution in [0.4, 0.5) is 16.2 Å². The molecule has 0 aliphatic heterocycles. The number of carbonyl (C=O) groups is 3. The Morgan fingerprint density at radius 3 is 2.52 bits per heavy atom. The van der Waals surface area contributed by atoms with Gasteiger partial charge in [0.05, 0.1) is 29.7 Å². The number of hydrogen-bond donors (Lipinski definition) is 7. The second-order valence-electron chi connectivity index (χ2n) is 10.2. The van der Waals surface area contributed by atoms with Gasteiger partial charge in [0.2, 0.25) is 5.91 Å². The van der Waals surface area contributed by atoms with E-state index >= 15 is 0 Å². The number of aryl methyl sites for hydroxylation is 2. The first kappa shape index (κ1) is 31.7. The normalized spacial score (nSPS) is 11.4. The number of rotatable bonds is 13. The maximum absolute atomic E-state index is 12.5. The lowest BCUT2D eigenvalue weighted by atomic mass is 10.1. The van der Waals surface area contributed by atoms with Crippen LogP contribution in [0.1, 0.15) is 34.3 Å². The Kier molecular flexibility index (Phi) is 11.0. The number of aromatic nitrogens is 2. The molecule has 0 saturated heterocycles. The van der Waals surface area contributed by atoms with Gasteiger partial charge in [-0.15, -0.1) is 0 Å². The van der Waals surface area contributed by atoms with Gasteiger partial charge in [0.25, 0.3) is 5.91 Å². The lowest BCUT2D eigenvalue weighted by Crippen LogP contribution is -2.34. The second-order valence-corrected chi connectivity index (χ2v) is 10.2. The van der Waals surface area contributed by atoms with Crippen molar-refractivity contribution in [2.24, 2.45) is 0 Å². The molecular weight excluding hydrogens is 564 g/mol. The molecule has 12 heteroatoms. The highest BCUT2D eigenvalue weighted by Gasteiger charge is 2.12. The monoisotopic (exact) mass is 600 g/mol. The van der Waals surface area contributed by atoms with E-state index in [0.717, 1.165) is 16.8 Å². The quantitative estimate of drug-likeness (QED) is 0.113.